The molecule has 0 atom stereocenters. The maximum absolute atomic E-state index is 12.7. The van der Waals surface area contributed by atoms with Crippen LogP contribution < -0.4 is 5.32 Å². The minimum absolute atomic E-state index is 0.0963. The minimum atomic E-state index is -4.68. The number of carbonyl (C=O) groups excluding carboxylic acids is 1. The SMILES string of the molecule is Cc1cn(CCNC(=O)Cc2cccnc2)c2ccc(-c3noc(C(F)(F)F)n3)cc12. The number of aryl methyl sites for hydroxylation is 1. The fourth-order valence-electron chi connectivity index (χ4n) is 3.32. The van der Waals surface area contributed by atoms with E-state index in [2.05, 4.69) is 25.0 Å². The van der Waals surface area contributed by atoms with Crippen LogP contribution in [0.4, 0.5) is 13.2 Å². The molecule has 0 spiro atoms. The molecule has 0 aliphatic carbocycles. The highest BCUT2D eigenvalue weighted by Crippen LogP contribution is 2.31. The smallest absolute Gasteiger partial charge is 0.354 e. The number of hydrogen-bond donors (Lipinski definition) is 1. The highest BCUT2D eigenvalue weighted by Gasteiger charge is 2.38. The topological polar surface area (TPSA) is 85.8 Å². The standard InChI is InChI=1S/C21H18F3N5O2/c1-13-12-29(8-7-26-18(30)9-14-3-2-6-25-11-14)17-5-4-15(10-16(13)17)19-27-20(31-28-19)21(22,23)24/h2-6,10-12H,7-9H2,1H3,(H,26,30). The van der Waals surface area contributed by atoms with Crippen LogP contribution in [0.1, 0.15) is 17.0 Å². The predicted molar refractivity (Wildman–Crippen MR) is 106 cm³/mol. The van der Waals surface area contributed by atoms with Gasteiger partial charge >= 0.3 is 12.1 Å². The summed E-state index contributed by atoms with van der Waals surface area (Å²) in [6.45, 7) is 2.88. The van der Waals surface area contributed by atoms with Crippen LogP contribution >= 0.6 is 0 Å². The first kappa shape index (κ1) is 20.6. The summed E-state index contributed by atoms with van der Waals surface area (Å²) in [4.78, 5) is 19.5. The average Bonchev–Trinajstić information content (AvgIpc) is 3.34. The Labute approximate surface area is 174 Å². The molecule has 160 valence electrons. The van der Waals surface area contributed by atoms with Crippen molar-refractivity contribution in [3.63, 3.8) is 0 Å². The largest absolute Gasteiger partial charge is 0.471 e. The second-order valence-corrected chi connectivity index (χ2v) is 7.05. The Morgan fingerprint density at radius 1 is 1.26 bits per heavy atom. The van der Waals surface area contributed by atoms with Crippen LogP contribution in [0, 0.1) is 6.92 Å². The van der Waals surface area contributed by atoms with Gasteiger partial charge in [0.2, 0.25) is 11.7 Å². The molecule has 1 aromatic carbocycles. The maximum Gasteiger partial charge on any atom is 0.471 e. The van der Waals surface area contributed by atoms with E-state index in [0.717, 1.165) is 22.0 Å². The third-order valence-electron chi connectivity index (χ3n) is 4.77. The molecule has 4 aromatic rings. The van der Waals surface area contributed by atoms with Crippen molar-refractivity contribution in [2.75, 3.05) is 6.54 Å². The number of halogens is 3. The lowest BCUT2D eigenvalue weighted by Crippen LogP contribution is -2.28. The Balaban J connectivity index is 1.45. The summed E-state index contributed by atoms with van der Waals surface area (Å²) in [6.07, 6.45) is 0.810. The number of rotatable bonds is 6. The molecule has 0 saturated carbocycles. The first-order valence-corrected chi connectivity index (χ1v) is 9.47. The van der Waals surface area contributed by atoms with Gasteiger partial charge in [0.25, 0.3) is 0 Å². The molecule has 0 saturated heterocycles. The number of fused-ring (bicyclic) bond motifs is 1. The number of carbonyl (C=O) groups is 1. The third kappa shape index (κ3) is 4.57. The summed E-state index contributed by atoms with van der Waals surface area (Å²) in [6, 6.07) is 8.79. The van der Waals surface area contributed by atoms with Crippen molar-refractivity contribution >= 4 is 16.8 Å². The second-order valence-electron chi connectivity index (χ2n) is 7.05. The minimum Gasteiger partial charge on any atom is -0.354 e. The molecule has 0 unspecified atom stereocenters. The zero-order valence-electron chi connectivity index (χ0n) is 16.5. The number of benzene rings is 1. The van der Waals surface area contributed by atoms with Crippen molar-refractivity contribution in [2.24, 2.45) is 0 Å². The Kier molecular flexibility index (Phi) is 5.45. The monoisotopic (exact) mass is 429 g/mol. The molecule has 4 rings (SSSR count). The first-order chi connectivity index (χ1) is 14.8. The Bertz CT molecular complexity index is 1210. The number of alkyl halides is 3. The molecule has 3 aromatic heterocycles. The van der Waals surface area contributed by atoms with E-state index < -0.39 is 12.1 Å². The van der Waals surface area contributed by atoms with Gasteiger partial charge in [0.15, 0.2) is 0 Å². The normalized spacial score (nSPS) is 11.7. The second kappa shape index (κ2) is 8.21. The van der Waals surface area contributed by atoms with E-state index in [9.17, 15) is 18.0 Å². The van der Waals surface area contributed by atoms with E-state index in [1.165, 1.54) is 0 Å². The number of aromatic nitrogens is 4. The Morgan fingerprint density at radius 3 is 2.81 bits per heavy atom. The van der Waals surface area contributed by atoms with Crippen molar-refractivity contribution in [3.05, 3.63) is 65.9 Å². The lowest BCUT2D eigenvalue weighted by Gasteiger charge is -2.08. The number of nitrogens with one attached hydrogen (secondary N) is 1. The number of hydrogen-bond acceptors (Lipinski definition) is 5. The molecule has 0 aliphatic heterocycles. The molecule has 0 bridgehead atoms. The van der Waals surface area contributed by atoms with Gasteiger partial charge in [-0.2, -0.15) is 18.2 Å². The van der Waals surface area contributed by atoms with Crippen molar-refractivity contribution in [3.8, 4) is 11.4 Å². The molecule has 0 radical (unpaired) electrons. The highest BCUT2D eigenvalue weighted by molar-refractivity contribution is 5.87. The van der Waals surface area contributed by atoms with Crippen molar-refractivity contribution in [1.29, 1.82) is 0 Å². The van der Waals surface area contributed by atoms with Crippen molar-refractivity contribution in [1.82, 2.24) is 25.0 Å². The summed E-state index contributed by atoms with van der Waals surface area (Å²) in [5.41, 5.74) is 3.10. The van der Waals surface area contributed by atoms with Gasteiger partial charge in [0.05, 0.1) is 6.42 Å². The fourth-order valence-corrected chi connectivity index (χ4v) is 3.32. The van der Waals surface area contributed by atoms with E-state index in [1.54, 1.807) is 36.7 Å². The van der Waals surface area contributed by atoms with E-state index in [-0.39, 0.29) is 18.2 Å². The molecule has 0 aliphatic rings. The summed E-state index contributed by atoms with van der Waals surface area (Å²) < 4.78 is 44.4. The fraction of sp³-hybridized carbons (Fsp3) is 0.238. The van der Waals surface area contributed by atoms with Crippen LogP contribution in [0.5, 0.6) is 0 Å². The lowest BCUT2D eigenvalue weighted by molar-refractivity contribution is -0.159. The number of nitrogens with zero attached hydrogens (tertiary/aromatic N) is 4. The predicted octanol–water partition coefficient (Wildman–Crippen LogP) is 3.77. The van der Waals surface area contributed by atoms with Crippen LogP contribution in [0.2, 0.25) is 0 Å². The van der Waals surface area contributed by atoms with Gasteiger partial charge in [-0.15, -0.1) is 0 Å². The Morgan fingerprint density at radius 2 is 2.10 bits per heavy atom. The average molecular weight is 429 g/mol. The highest BCUT2D eigenvalue weighted by atomic mass is 19.4. The molecule has 10 heteroatoms. The van der Waals surface area contributed by atoms with E-state index in [0.29, 0.717) is 18.7 Å². The third-order valence-corrected chi connectivity index (χ3v) is 4.77. The summed E-state index contributed by atoms with van der Waals surface area (Å²) in [5.74, 6) is -1.59. The maximum atomic E-state index is 12.7. The molecular formula is C21H18F3N5O2. The molecular weight excluding hydrogens is 411 g/mol. The quantitative estimate of drug-likeness (QED) is 0.504. The van der Waals surface area contributed by atoms with Crippen LogP contribution in [0.15, 0.2) is 53.4 Å². The molecule has 3 heterocycles. The van der Waals surface area contributed by atoms with E-state index in [4.69, 9.17) is 0 Å². The first-order valence-electron chi connectivity index (χ1n) is 9.47. The lowest BCUT2D eigenvalue weighted by atomic mass is 10.1. The van der Waals surface area contributed by atoms with Gasteiger partial charge in [-0.05, 0) is 42.3 Å². The molecule has 31 heavy (non-hydrogen) atoms. The van der Waals surface area contributed by atoms with E-state index in [1.807, 2.05) is 23.8 Å². The Hall–Kier alpha value is -3.69. The van der Waals surface area contributed by atoms with Crippen molar-refractivity contribution in [2.45, 2.75) is 26.1 Å². The summed E-state index contributed by atoms with van der Waals surface area (Å²) >= 11 is 0. The van der Waals surface area contributed by atoms with Crippen molar-refractivity contribution < 1.29 is 22.5 Å². The van der Waals surface area contributed by atoms with Gasteiger partial charge in [0, 0.05) is 48.1 Å². The zero-order chi connectivity index (χ0) is 22.0. The van der Waals surface area contributed by atoms with Gasteiger partial charge in [-0.25, -0.2) is 0 Å². The molecule has 1 N–H and O–H groups in total. The summed E-state index contributed by atoms with van der Waals surface area (Å²) in [5, 5.41) is 7.17. The van der Waals surface area contributed by atoms with E-state index >= 15 is 0 Å². The number of pyridine rings is 1. The van der Waals surface area contributed by atoms with Crippen LogP contribution in [-0.2, 0) is 23.9 Å². The van der Waals surface area contributed by atoms with Gasteiger partial charge in [-0.3, -0.25) is 9.78 Å². The zero-order valence-corrected chi connectivity index (χ0v) is 16.5. The van der Waals surface area contributed by atoms with Gasteiger partial charge < -0.3 is 14.4 Å². The van der Waals surface area contributed by atoms with Crippen LogP contribution in [-0.4, -0.2) is 32.1 Å². The van der Waals surface area contributed by atoms with Crippen LogP contribution in [0.3, 0.4) is 0 Å². The van der Waals surface area contributed by atoms with Gasteiger partial charge in [0.1, 0.15) is 0 Å². The van der Waals surface area contributed by atoms with Crippen LogP contribution in [0.25, 0.3) is 22.3 Å². The molecule has 7 nitrogen and oxygen atoms in total. The number of amides is 1. The summed E-state index contributed by atoms with van der Waals surface area (Å²) in [7, 11) is 0. The van der Waals surface area contributed by atoms with Gasteiger partial charge in [-0.1, -0.05) is 11.2 Å². The molecule has 0 fully saturated rings. The molecule has 1 amide bonds.